The van der Waals surface area contributed by atoms with Crippen LogP contribution in [0.25, 0.3) is 0 Å². The second-order valence-corrected chi connectivity index (χ2v) is 8.30. The molecule has 0 bridgehead atoms. The maximum atomic E-state index is 11.5. The molecule has 2 heterocycles. The fraction of sp³-hybridized carbons (Fsp3) is 0.417. The lowest BCUT2D eigenvalue weighted by Gasteiger charge is -2.39. The molecule has 0 aliphatic carbocycles. The number of carbonyl (C=O) groups is 1. The van der Waals surface area contributed by atoms with Crippen molar-refractivity contribution in [2.45, 2.75) is 20.8 Å². The van der Waals surface area contributed by atoms with E-state index in [9.17, 15) is 9.90 Å². The summed E-state index contributed by atoms with van der Waals surface area (Å²) in [6, 6.07) is 5.74. The first-order valence-electron chi connectivity index (χ1n) is 10.5. The van der Waals surface area contributed by atoms with Crippen molar-refractivity contribution in [3.05, 3.63) is 60.0 Å². The summed E-state index contributed by atoms with van der Waals surface area (Å²) >= 11 is 0. The van der Waals surface area contributed by atoms with E-state index in [1.165, 1.54) is 0 Å². The second-order valence-electron chi connectivity index (χ2n) is 8.30. The minimum Gasteiger partial charge on any atom is -0.497 e. The van der Waals surface area contributed by atoms with E-state index in [1.807, 2.05) is 49.4 Å². The first kappa shape index (κ1) is 22.6. The zero-order valence-electron chi connectivity index (χ0n) is 18.7. The number of rotatable bonds is 6. The Morgan fingerprint density at radius 3 is 2.65 bits per heavy atom. The lowest BCUT2D eigenvalue weighted by atomic mass is 9.93. The number of aliphatic imine (C=N–C) groups is 1. The number of carboxylic acid groups (broad SMARTS) is 1. The van der Waals surface area contributed by atoms with Crippen LogP contribution in [0.15, 0.2) is 59.5 Å². The highest BCUT2D eigenvalue weighted by Crippen LogP contribution is 2.30. The Kier molecular flexibility index (Phi) is 7.17. The SMILES string of the molecule is C/C=C\C=C/C1=COc2cc(OC)ccc2C(N2CCN(CC(C)(C)C(=O)O)CC2)=N1. The maximum absolute atomic E-state index is 11.5. The first-order valence-corrected chi connectivity index (χ1v) is 10.5. The fourth-order valence-electron chi connectivity index (χ4n) is 3.57. The molecule has 1 saturated heterocycles. The number of hydrogen-bond acceptors (Lipinski definition) is 6. The van der Waals surface area contributed by atoms with Gasteiger partial charge in [-0.05, 0) is 39.0 Å². The third-order valence-corrected chi connectivity index (χ3v) is 5.41. The number of allylic oxidation sites excluding steroid dienone is 4. The number of benzene rings is 1. The molecule has 1 aromatic carbocycles. The predicted molar refractivity (Wildman–Crippen MR) is 122 cm³/mol. The highest BCUT2D eigenvalue weighted by molar-refractivity contribution is 6.02. The third-order valence-electron chi connectivity index (χ3n) is 5.41. The zero-order chi connectivity index (χ0) is 22.4. The van der Waals surface area contributed by atoms with Crippen LogP contribution in [0.1, 0.15) is 26.3 Å². The fourth-order valence-corrected chi connectivity index (χ4v) is 3.57. The summed E-state index contributed by atoms with van der Waals surface area (Å²) < 4.78 is 11.3. The van der Waals surface area contributed by atoms with Crippen LogP contribution in [0, 0.1) is 5.41 Å². The standard InChI is InChI=1S/C24H31N3O4/c1-5-6-7-8-18-16-31-21-15-19(30-4)9-10-20(21)22(25-18)27-13-11-26(12-14-27)17-24(2,3)23(28)29/h5-10,15-16H,11-14,17H2,1-4H3,(H,28,29)/b6-5-,8-7-. The number of carboxylic acids is 1. The molecule has 7 nitrogen and oxygen atoms in total. The van der Waals surface area contributed by atoms with Crippen LogP contribution in [0.3, 0.4) is 0 Å². The van der Waals surface area contributed by atoms with Crippen molar-refractivity contribution >= 4 is 11.8 Å². The largest absolute Gasteiger partial charge is 0.497 e. The number of piperazine rings is 1. The molecule has 7 heteroatoms. The van der Waals surface area contributed by atoms with Gasteiger partial charge in [0.25, 0.3) is 0 Å². The Morgan fingerprint density at radius 2 is 2.00 bits per heavy atom. The first-order chi connectivity index (χ1) is 14.8. The molecule has 1 aromatic rings. The summed E-state index contributed by atoms with van der Waals surface area (Å²) in [5.74, 6) is 1.50. The lowest BCUT2D eigenvalue weighted by molar-refractivity contribution is -0.148. The van der Waals surface area contributed by atoms with Gasteiger partial charge < -0.3 is 19.5 Å². The number of ether oxygens (including phenoxy) is 2. The molecular weight excluding hydrogens is 394 g/mol. The van der Waals surface area contributed by atoms with Gasteiger partial charge in [0.1, 0.15) is 29.3 Å². The van der Waals surface area contributed by atoms with E-state index in [-0.39, 0.29) is 0 Å². The van der Waals surface area contributed by atoms with Gasteiger partial charge in [-0.3, -0.25) is 9.69 Å². The average molecular weight is 426 g/mol. The summed E-state index contributed by atoms with van der Waals surface area (Å²) in [7, 11) is 1.63. The van der Waals surface area contributed by atoms with Crippen molar-refractivity contribution in [2.75, 3.05) is 39.8 Å². The second kappa shape index (κ2) is 9.83. The van der Waals surface area contributed by atoms with Gasteiger partial charge in [-0.25, -0.2) is 4.99 Å². The maximum Gasteiger partial charge on any atom is 0.310 e. The van der Waals surface area contributed by atoms with Gasteiger partial charge in [0, 0.05) is 38.8 Å². The highest BCUT2D eigenvalue weighted by atomic mass is 16.5. The molecule has 31 heavy (non-hydrogen) atoms. The smallest absolute Gasteiger partial charge is 0.310 e. The quantitative estimate of drug-likeness (QED) is 0.703. The number of amidine groups is 1. The van der Waals surface area contributed by atoms with Gasteiger partial charge in [-0.1, -0.05) is 18.2 Å². The Bertz CT molecular complexity index is 923. The molecule has 1 N–H and O–H groups in total. The zero-order valence-corrected chi connectivity index (χ0v) is 18.7. The average Bonchev–Trinajstić information content (AvgIpc) is 2.93. The van der Waals surface area contributed by atoms with E-state index in [4.69, 9.17) is 14.5 Å². The van der Waals surface area contributed by atoms with Crippen molar-refractivity contribution in [1.29, 1.82) is 0 Å². The number of methoxy groups -OCH3 is 1. The topological polar surface area (TPSA) is 74.6 Å². The molecule has 3 rings (SSSR count). The van der Waals surface area contributed by atoms with Gasteiger partial charge in [-0.15, -0.1) is 0 Å². The monoisotopic (exact) mass is 425 g/mol. The van der Waals surface area contributed by atoms with Gasteiger partial charge in [0.05, 0.1) is 18.1 Å². The van der Waals surface area contributed by atoms with Crippen LogP contribution in [-0.4, -0.2) is 66.5 Å². The van der Waals surface area contributed by atoms with Gasteiger partial charge in [0.15, 0.2) is 0 Å². The van der Waals surface area contributed by atoms with E-state index in [1.54, 1.807) is 27.2 Å². The molecule has 0 spiro atoms. The minimum absolute atomic E-state index is 0.525. The molecule has 166 valence electrons. The Hall–Kier alpha value is -3.06. The van der Waals surface area contributed by atoms with Gasteiger partial charge >= 0.3 is 5.97 Å². The summed E-state index contributed by atoms with van der Waals surface area (Å²) in [6.45, 7) is 9.09. The summed E-state index contributed by atoms with van der Waals surface area (Å²) in [6.07, 6.45) is 9.39. The van der Waals surface area contributed by atoms with Crippen LogP contribution >= 0.6 is 0 Å². The predicted octanol–water partition coefficient (Wildman–Crippen LogP) is 3.54. The molecule has 0 unspecified atom stereocenters. The molecule has 2 aliphatic rings. The molecule has 1 fully saturated rings. The van der Waals surface area contributed by atoms with Crippen LogP contribution < -0.4 is 9.47 Å². The number of aliphatic carboxylic acids is 1. The Morgan fingerprint density at radius 1 is 1.26 bits per heavy atom. The van der Waals surface area contributed by atoms with Crippen LogP contribution in [0.4, 0.5) is 0 Å². The molecule has 2 aliphatic heterocycles. The van der Waals surface area contributed by atoms with Crippen LogP contribution in [0.2, 0.25) is 0 Å². The molecule has 0 atom stereocenters. The van der Waals surface area contributed by atoms with Crippen LogP contribution in [0.5, 0.6) is 11.5 Å². The van der Waals surface area contributed by atoms with Crippen LogP contribution in [-0.2, 0) is 4.79 Å². The number of hydrogen-bond donors (Lipinski definition) is 1. The van der Waals surface area contributed by atoms with Crippen molar-refractivity contribution in [3.8, 4) is 11.5 Å². The highest BCUT2D eigenvalue weighted by Gasteiger charge is 2.32. The summed E-state index contributed by atoms with van der Waals surface area (Å²) in [5.41, 5.74) is 0.857. The molecule has 0 radical (unpaired) electrons. The van der Waals surface area contributed by atoms with E-state index < -0.39 is 11.4 Å². The van der Waals surface area contributed by atoms with E-state index in [0.717, 1.165) is 49.0 Å². The minimum atomic E-state index is -0.772. The molecule has 0 saturated carbocycles. The van der Waals surface area contributed by atoms with Crippen molar-refractivity contribution in [2.24, 2.45) is 10.4 Å². The molecule has 0 aromatic heterocycles. The number of nitrogens with zero attached hydrogens (tertiary/aromatic N) is 3. The van der Waals surface area contributed by atoms with Gasteiger partial charge in [0.2, 0.25) is 0 Å². The van der Waals surface area contributed by atoms with Crippen molar-refractivity contribution in [3.63, 3.8) is 0 Å². The van der Waals surface area contributed by atoms with Crippen molar-refractivity contribution < 1.29 is 19.4 Å². The van der Waals surface area contributed by atoms with E-state index in [2.05, 4.69) is 9.80 Å². The normalized spacial score (nSPS) is 17.7. The molecular formula is C24H31N3O4. The Balaban J connectivity index is 1.84. The van der Waals surface area contributed by atoms with E-state index in [0.29, 0.717) is 12.3 Å². The lowest BCUT2D eigenvalue weighted by Crippen LogP contribution is -2.52. The van der Waals surface area contributed by atoms with Crippen molar-refractivity contribution in [1.82, 2.24) is 9.80 Å². The summed E-state index contributed by atoms with van der Waals surface area (Å²) in [5, 5.41) is 9.43. The van der Waals surface area contributed by atoms with E-state index >= 15 is 0 Å². The Labute approximate surface area is 184 Å². The number of fused-ring (bicyclic) bond motifs is 1. The van der Waals surface area contributed by atoms with Gasteiger partial charge in [-0.2, -0.15) is 0 Å². The molecule has 0 amide bonds. The summed E-state index contributed by atoms with van der Waals surface area (Å²) in [4.78, 5) is 20.8. The third kappa shape index (κ3) is 5.55.